The smallest absolute Gasteiger partial charge is 0.211 e. The first-order valence-corrected chi connectivity index (χ1v) is 9.02. The molecule has 0 saturated carbocycles. The second-order valence-electron chi connectivity index (χ2n) is 6.03. The Bertz CT molecular complexity index is 775. The Kier molecular flexibility index (Phi) is 5.22. The molecule has 0 amide bonds. The molecule has 1 N–H and O–H groups in total. The summed E-state index contributed by atoms with van der Waals surface area (Å²) in [5, 5.41) is 0. The van der Waals surface area contributed by atoms with Gasteiger partial charge in [-0.3, -0.25) is 0 Å². The van der Waals surface area contributed by atoms with Gasteiger partial charge in [-0.2, -0.15) is 0 Å². The van der Waals surface area contributed by atoms with E-state index in [0.29, 0.717) is 4.90 Å². The van der Waals surface area contributed by atoms with Gasteiger partial charge in [0.15, 0.2) is 0 Å². The van der Waals surface area contributed by atoms with Crippen LogP contribution in [0.1, 0.15) is 35.1 Å². The van der Waals surface area contributed by atoms with E-state index in [-0.39, 0.29) is 18.3 Å². The van der Waals surface area contributed by atoms with Gasteiger partial charge in [-0.15, -0.1) is 0 Å². The fourth-order valence-corrected chi connectivity index (χ4v) is 4.39. The topological polar surface area (TPSA) is 46.2 Å². The van der Waals surface area contributed by atoms with Crippen LogP contribution in [0.4, 0.5) is 4.39 Å². The fraction of sp³-hybridized carbons (Fsp3) is 0.333. The molecule has 0 fully saturated rings. The van der Waals surface area contributed by atoms with E-state index in [4.69, 9.17) is 0 Å². The van der Waals surface area contributed by atoms with Crippen LogP contribution in [0.15, 0.2) is 41.3 Å². The van der Waals surface area contributed by atoms with E-state index in [0.717, 1.165) is 22.3 Å². The third-order valence-corrected chi connectivity index (χ3v) is 5.62. The van der Waals surface area contributed by atoms with E-state index in [1.165, 1.54) is 12.1 Å². The van der Waals surface area contributed by atoms with Crippen LogP contribution in [0, 0.1) is 26.6 Å². The highest BCUT2D eigenvalue weighted by atomic mass is 32.2. The van der Waals surface area contributed by atoms with Crippen molar-refractivity contribution >= 4 is 10.0 Å². The van der Waals surface area contributed by atoms with E-state index >= 15 is 0 Å². The second-order valence-corrected chi connectivity index (χ2v) is 7.74. The molecule has 0 heterocycles. The molecule has 0 aliphatic rings. The first-order chi connectivity index (χ1) is 10.7. The number of benzene rings is 2. The summed E-state index contributed by atoms with van der Waals surface area (Å²) in [6.07, 6.45) is 0. The molecular formula is C18H22FNO2S. The highest BCUT2D eigenvalue weighted by Gasteiger charge is 2.20. The van der Waals surface area contributed by atoms with Gasteiger partial charge in [0.2, 0.25) is 10.0 Å². The summed E-state index contributed by atoms with van der Waals surface area (Å²) >= 11 is 0. The molecule has 23 heavy (non-hydrogen) atoms. The first kappa shape index (κ1) is 17.6. The minimum absolute atomic E-state index is 0.0450. The van der Waals surface area contributed by atoms with Gasteiger partial charge in [0, 0.05) is 6.54 Å². The maximum Gasteiger partial charge on any atom is 0.241 e. The summed E-state index contributed by atoms with van der Waals surface area (Å²) in [6.45, 7) is 7.72. The Morgan fingerprint density at radius 1 is 1.04 bits per heavy atom. The van der Waals surface area contributed by atoms with E-state index in [2.05, 4.69) is 4.72 Å². The third kappa shape index (κ3) is 4.18. The molecule has 0 aromatic heterocycles. The maximum atomic E-state index is 13.0. The lowest BCUT2D eigenvalue weighted by molar-refractivity contribution is 0.573. The van der Waals surface area contributed by atoms with Crippen molar-refractivity contribution in [1.29, 1.82) is 0 Å². The first-order valence-electron chi connectivity index (χ1n) is 7.53. The third-order valence-electron chi connectivity index (χ3n) is 3.89. The minimum atomic E-state index is -3.57. The lowest BCUT2D eigenvalue weighted by Gasteiger charge is -2.16. The van der Waals surface area contributed by atoms with Gasteiger partial charge in [0.25, 0.3) is 0 Å². The number of hydrogen-bond donors (Lipinski definition) is 1. The molecule has 0 aliphatic heterocycles. The highest BCUT2D eigenvalue weighted by molar-refractivity contribution is 7.89. The van der Waals surface area contributed by atoms with Gasteiger partial charge in [-0.05, 0) is 55.5 Å². The van der Waals surface area contributed by atoms with Gasteiger partial charge in [-0.1, -0.05) is 36.8 Å². The van der Waals surface area contributed by atoms with Crippen LogP contribution >= 0.6 is 0 Å². The lowest BCUT2D eigenvalue weighted by Crippen LogP contribution is -2.29. The number of aryl methyl sites for hydroxylation is 3. The molecule has 2 rings (SSSR count). The molecule has 124 valence electrons. The van der Waals surface area contributed by atoms with Crippen LogP contribution in [0.3, 0.4) is 0 Å². The van der Waals surface area contributed by atoms with Gasteiger partial charge in [-0.25, -0.2) is 17.5 Å². The van der Waals surface area contributed by atoms with E-state index in [1.807, 2.05) is 26.0 Å². The molecule has 5 heteroatoms. The number of rotatable bonds is 5. The van der Waals surface area contributed by atoms with Crippen molar-refractivity contribution in [1.82, 2.24) is 4.72 Å². The summed E-state index contributed by atoms with van der Waals surface area (Å²) < 4.78 is 40.8. The summed E-state index contributed by atoms with van der Waals surface area (Å²) in [7, 11) is -3.57. The van der Waals surface area contributed by atoms with Crippen LogP contribution in [-0.2, 0) is 10.0 Å². The molecule has 2 aromatic rings. The SMILES string of the molecule is Cc1cc(C)c(S(=O)(=O)NCC(C)c2ccc(F)cc2)c(C)c1. The molecule has 2 aromatic carbocycles. The monoisotopic (exact) mass is 335 g/mol. The average molecular weight is 335 g/mol. The predicted octanol–water partition coefficient (Wildman–Crippen LogP) is 3.83. The summed E-state index contributed by atoms with van der Waals surface area (Å²) in [5.74, 6) is -0.344. The molecule has 0 radical (unpaired) electrons. The largest absolute Gasteiger partial charge is 0.241 e. The fourth-order valence-electron chi connectivity index (χ4n) is 2.81. The molecule has 3 nitrogen and oxygen atoms in total. The van der Waals surface area contributed by atoms with Crippen LogP contribution < -0.4 is 4.72 Å². The van der Waals surface area contributed by atoms with Gasteiger partial charge < -0.3 is 0 Å². The Morgan fingerprint density at radius 3 is 2.09 bits per heavy atom. The average Bonchev–Trinajstić information content (AvgIpc) is 2.44. The van der Waals surface area contributed by atoms with Crippen LogP contribution in [0.5, 0.6) is 0 Å². The minimum Gasteiger partial charge on any atom is -0.211 e. The second kappa shape index (κ2) is 6.81. The number of sulfonamides is 1. The predicted molar refractivity (Wildman–Crippen MR) is 90.7 cm³/mol. The van der Waals surface area contributed by atoms with Crippen molar-refractivity contribution in [2.75, 3.05) is 6.54 Å². The van der Waals surface area contributed by atoms with Gasteiger partial charge in [0.05, 0.1) is 4.90 Å². The number of hydrogen-bond acceptors (Lipinski definition) is 2. The van der Waals surface area contributed by atoms with E-state index in [9.17, 15) is 12.8 Å². The number of nitrogens with one attached hydrogen (secondary N) is 1. The molecule has 0 spiro atoms. The highest BCUT2D eigenvalue weighted by Crippen LogP contribution is 2.22. The summed E-state index contributed by atoms with van der Waals surface area (Å²) in [4.78, 5) is 0.342. The van der Waals surface area contributed by atoms with Crippen LogP contribution in [0.25, 0.3) is 0 Å². The zero-order valence-electron chi connectivity index (χ0n) is 13.9. The Balaban J connectivity index is 2.18. The number of halogens is 1. The van der Waals surface area contributed by atoms with Crippen LogP contribution in [0.2, 0.25) is 0 Å². The van der Waals surface area contributed by atoms with E-state index < -0.39 is 10.0 Å². The lowest BCUT2D eigenvalue weighted by atomic mass is 10.0. The van der Waals surface area contributed by atoms with Crippen molar-refractivity contribution in [2.24, 2.45) is 0 Å². The zero-order chi connectivity index (χ0) is 17.2. The molecular weight excluding hydrogens is 313 g/mol. The summed E-state index contributed by atoms with van der Waals surface area (Å²) in [6, 6.07) is 9.85. The van der Waals surface area contributed by atoms with Gasteiger partial charge in [0.1, 0.15) is 5.82 Å². The molecule has 1 atom stereocenters. The molecule has 1 unspecified atom stereocenters. The standard InChI is InChI=1S/C18H22FNO2S/c1-12-9-13(2)18(14(3)10-12)23(21,22)20-11-15(4)16-5-7-17(19)8-6-16/h5-10,15,20H,11H2,1-4H3. The van der Waals surface area contributed by atoms with Gasteiger partial charge >= 0.3 is 0 Å². The molecule has 0 bridgehead atoms. The normalized spacial score (nSPS) is 13.1. The van der Waals surface area contributed by atoms with E-state index in [1.54, 1.807) is 26.0 Å². The Labute approximate surface area is 137 Å². The Hall–Kier alpha value is -1.72. The Morgan fingerprint density at radius 2 is 1.57 bits per heavy atom. The molecule has 0 aliphatic carbocycles. The van der Waals surface area contributed by atoms with Crippen molar-refractivity contribution in [3.8, 4) is 0 Å². The maximum absolute atomic E-state index is 13.0. The van der Waals surface area contributed by atoms with Crippen molar-refractivity contribution < 1.29 is 12.8 Å². The van der Waals surface area contributed by atoms with Crippen molar-refractivity contribution in [3.63, 3.8) is 0 Å². The zero-order valence-corrected chi connectivity index (χ0v) is 14.7. The quantitative estimate of drug-likeness (QED) is 0.902. The van der Waals surface area contributed by atoms with Crippen molar-refractivity contribution in [3.05, 3.63) is 64.5 Å². The summed E-state index contributed by atoms with van der Waals surface area (Å²) in [5.41, 5.74) is 3.42. The molecule has 0 saturated heterocycles. The van der Waals surface area contributed by atoms with Crippen molar-refractivity contribution in [2.45, 2.75) is 38.5 Å². The van der Waals surface area contributed by atoms with Crippen LogP contribution in [-0.4, -0.2) is 15.0 Å².